The molecule has 0 radical (unpaired) electrons. The third kappa shape index (κ3) is 2.76. The van der Waals surface area contributed by atoms with Crippen molar-refractivity contribution in [2.45, 2.75) is 45.1 Å². The molecular formula is C17H19N3O3. The van der Waals surface area contributed by atoms with E-state index < -0.39 is 5.41 Å². The van der Waals surface area contributed by atoms with Gasteiger partial charge in [0, 0.05) is 12.8 Å². The van der Waals surface area contributed by atoms with Crippen molar-refractivity contribution in [3.63, 3.8) is 0 Å². The van der Waals surface area contributed by atoms with Gasteiger partial charge in [-0.15, -0.1) is 0 Å². The van der Waals surface area contributed by atoms with Crippen LogP contribution in [0.25, 0.3) is 0 Å². The summed E-state index contributed by atoms with van der Waals surface area (Å²) in [5.41, 5.74) is 0.0227. The molecule has 0 aliphatic carbocycles. The van der Waals surface area contributed by atoms with Gasteiger partial charge in [-0.1, -0.05) is 42.4 Å². The average molecular weight is 313 g/mol. The van der Waals surface area contributed by atoms with Crippen LogP contribution in [-0.2, 0) is 28.0 Å². The highest BCUT2D eigenvalue weighted by atomic mass is 16.5. The van der Waals surface area contributed by atoms with Gasteiger partial charge >= 0.3 is 0 Å². The number of likely N-dealkylation sites (tertiary alicyclic amines) is 1. The minimum atomic E-state index is -0.825. The maximum absolute atomic E-state index is 12.8. The molecule has 1 aliphatic heterocycles. The van der Waals surface area contributed by atoms with E-state index in [1.165, 1.54) is 4.90 Å². The number of imide groups is 1. The lowest BCUT2D eigenvalue weighted by atomic mass is 9.81. The fourth-order valence-electron chi connectivity index (χ4n) is 2.89. The van der Waals surface area contributed by atoms with Crippen LogP contribution in [0.15, 0.2) is 34.9 Å². The van der Waals surface area contributed by atoms with Crippen molar-refractivity contribution < 1.29 is 14.1 Å². The zero-order chi connectivity index (χ0) is 16.4. The van der Waals surface area contributed by atoms with Crippen LogP contribution >= 0.6 is 0 Å². The average Bonchev–Trinajstić information content (AvgIpc) is 3.08. The Labute approximate surface area is 134 Å². The van der Waals surface area contributed by atoms with E-state index >= 15 is 0 Å². The smallest absolute Gasteiger partial charge is 0.240 e. The summed E-state index contributed by atoms with van der Waals surface area (Å²) in [6, 6.07) is 9.39. The molecule has 6 heteroatoms. The molecule has 2 amide bonds. The SMILES string of the molecule is CCCc1nc(CN2C(=O)C[C@@](C)(c3ccccc3)C2=O)no1. The summed E-state index contributed by atoms with van der Waals surface area (Å²) in [7, 11) is 0. The summed E-state index contributed by atoms with van der Waals surface area (Å²) in [6.45, 7) is 3.89. The molecule has 0 saturated carbocycles. The summed E-state index contributed by atoms with van der Waals surface area (Å²) in [5.74, 6) is 0.485. The van der Waals surface area contributed by atoms with Gasteiger partial charge in [0.15, 0.2) is 5.82 Å². The van der Waals surface area contributed by atoms with Crippen LogP contribution in [0.2, 0.25) is 0 Å². The Bertz CT molecular complexity index is 726. The molecule has 0 N–H and O–H groups in total. The first-order valence-corrected chi connectivity index (χ1v) is 7.76. The van der Waals surface area contributed by atoms with Crippen LogP contribution in [0.1, 0.15) is 44.0 Å². The third-order valence-electron chi connectivity index (χ3n) is 4.21. The van der Waals surface area contributed by atoms with Gasteiger partial charge in [-0.05, 0) is 18.9 Å². The molecule has 6 nitrogen and oxygen atoms in total. The molecule has 0 unspecified atom stereocenters. The van der Waals surface area contributed by atoms with Crippen molar-refractivity contribution in [3.05, 3.63) is 47.6 Å². The summed E-state index contributed by atoms with van der Waals surface area (Å²) in [6.07, 6.45) is 1.75. The molecule has 2 aromatic rings. The van der Waals surface area contributed by atoms with Crippen molar-refractivity contribution in [1.29, 1.82) is 0 Å². The summed E-state index contributed by atoms with van der Waals surface area (Å²) < 4.78 is 5.11. The molecule has 3 rings (SSSR count). The molecule has 1 fully saturated rings. The monoisotopic (exact) mass is 313 g/mol. The van der Waals surface area contributed by atoms with Gasteiger partial charge in [-0.25, -0.2) is 0 Å². The summed E-state index contributed by atoms with van der Waals surface area (Å²) in [4.78, 5) is 30.6. The molecule has 1 aromatic heterocycles. The largest absolute Gasteiger partial charge is 0.339 e. The van der Waals surface area contributed by atoms with Crippen LogP contribution in [0.5, 0.6) is 0 Å². The fraction of sp³-hybridized carbons (Fsp3) is 0.412. The van der Waals surface area contributed by atoms with E-state index in [-0.39, 0.29) is 24.8 Å². The number of nitrogens with zero attached hydrogens (tertiary/aromatic N) is 3. The minimum Gasteiger partial charge on any atom is -0.339 e. The molecule has 23 heavy (non-hydrogen) atoms. The van der Waals surface area contributed by atoms with Gasteiger partial charge < -0.3 is 4.52 Å². The first kappa shape index (κ1) is 15.4. The molecule has 0 spiro atoms. The molecule has 0 bridgehead atoms. The highest BCUT2D eigenvalue weighted by Gasteiger charge is 2.49. The Kier molecular flexibility index (Phi) is 3.98. The number of benzene rings is 1. The highest BCUT2D eigenvalue weighted by Crippen LogP contribution is 2.36. The van der Waals surface area contributed by atoms with E-state index in [0.29, 0.717) is 18.1 Å². The number of aromatic nitrogens is 2. The number of carbonyl (C=O) groups is 2. The maximum Gasteiger partial charge on any atom is 0.240 e. The predicted molar refractivity (Wildman–Crippen MR) is 82.3 cm³/mol. The maximum atomic E-state index is 12.8. The first-order valence-electron chi connectivity index (χ1n) is 7.76. The zero-order valence-corrected chi connectivity index (χ0v) is 13.3. The summed E-state index contributed by atoms with van der Waals surface area (Å²) in [5, 5.41) is 3.86. The lowest BCUT2D eigenvalue weighted by molar-refractivity contribution is -0.140. The molecular weight excluding hydrogens is 294 g/mol. The van der Waals surface area contributed by atoms with E-state index in [1.807, 2.05) is 37.3 Å². The Morgan fingerprint density at radius 1 is 1.26 bits per heavy atom. The van der Waals surface area contributed by atoms with Crippen molar-refractivity contribution in [3.8, 4) is 0 Å². The first-order chi connectivity index (χ1) is 11.0. The van der Waals surface area contributed by atoms with Gasteiger partial charge in [0.2, 0.25) is 17.7 Å². The van der Waals surface area contributed by atoms with Crippen LogP contribution in [-0.4, -0.2) is 26.9 Å². The molecule has 1 aromatic carbocycles. The van der Waals surface area contributed by atoms with Crippen molar-refractivity contribution in [2.75, 3.05) is 0 Å². The molecule has 2 heterocycles. The topological polar surface area (TPSA) is 76.3 Å². The van der Waals surface area contributed by atoms with Crippen LogP contribution in [0, 0.1) is 0 Å². The lowest BCUT2D eigenvalue weighted by Crippen LogP contribution is -2.36. The molecule has 1 saturated heterocycles. The van der Waals surface area contributed by atoms with E-state index in [2.05, 4.69) is 10.1 Å². The number of aryl methyl sites for hydroxylation is 1. The van der Waals surface area contributed by atoms with Crippen LogP contribution in [0.4, 0.5) is 0 Å². The predicted octanol–water partition coefficient (Wildman–Crippen LogP) is 2.24. The normalized spacial score (nSPS) is 21.2. The third-order valence-corrected chi connectivity index (χ3v) is 4.21. The van der Waals surface area contributed by atoms with Gasteiger partial charge in [0.05, 0.1) is 12.0 Å². The van der Waals surface area contributed by atoms with E-state index in [9.17, 15) is 9.59 Å². The highest BCUT2D eigenvalue weighted by molar-refractivity contribution is 6.08. The standard InChI is InChI=1S/C17H19N3O3/c1-3-7-14-18-13(19-23-14)11-20-15(21)10-17(2,16(20)22)12-8-5-4-6-9-12/h4-6,8-9H,3,7,10-11H2,1-2H3/t17-/m0/s1. The Morgan fingerprint density at radius 2 is 2.00 bits per heavy atom. The minimum absolute atomic E-state index is 0.0628. The number of rotatable bonds is 5. The number of hydrogen-bond acceptors (Lipinski definition) is 5. The fourth-order valence-corrected chi connectivity index (χ4v) is 2.89. The van der Waals surface area contributed by atoms with Gasteiger partial charge in [-0.2, -0.15) is 4.98 Å². The van der Waals surface area contributed by atoms with Gasteiger partial charge in [-0.3, -0.25) is 14.5 Å². The second-order valence-electron chi connectivity index (χ2n) is 6.01. The molecule has 120 valence electrons. The van der Waals surface area contributed by atoms with Crippen molar-refractivity contribution in [1.82, 2.24) is 15.0 Å². The Morgan fingerprint density at radius 3 is 2.70 bits per heavy atom. The van der Waals surface area contributed by atoms with Crippen molar-refractivity contribution >= 4 is 11.8 Å². The van der Waals surface area contributed by atoms with Crippen molar-refractivity contribution in [2.24, 2.45) is 0 Å². The Hall–Kier alpha value is -2.50. The quantitative estimate of drug-likeness (QED) is 0.791. The van der Waals surface area contributed by atoms with Gasteiger partial charge in [0.25, 0.3) is 0 Å². The Balaban J connectivity index is 1.81. The lowest BCUT2D eigenvalue weighted by Gasteiger charge is -2.22. The number of carbonyl (C=O) groups excluding carboxylic acids is 2. The number of hydrogen-bond donors (Lipinski definition) is 0. The summed E-state index contributed by atoms with van der Waals surface area (Å²) >= 11 is 0. The van der Waals surface area contributed by atoms with E-state index in [0.717, 1.165) is 12.0 Å². The second-order valence-corrected chi connectivity index (χ2v) is 6.01. The van der Waals surface area contributed by atoms with E-state index in [4.69, 9.17) is 4.52 Å². The second kappa shape index (κ2) is 5.95. The molecule has 1 atom stereocenters. The van der Waals surface area contributed by atoms with Gasteiger partial charge in [0.1, 0.15) is 0 Å². The molecule has 1 aliphatic rings. The van der Waals surface area contributed by atoms with E-state index in [1.54, 1.807) is 6.92 Å². The zero-order valence-electron chi connectivity index (χ0n) is 13.3. The van der Waals surface area contributed by atoms with Crippen LogP contribution < -0.4 is 0 Å². The number of amides is 2. The van der Waals surface area contributed by atoms with Crippen LogP contribution in [0.3, 0.4) is 0 Å².